The van der Waals surface area contributed by atoms with Crippen LogP contribution in [0.2, 0.25) is 0 Å². The number of carbonyl (C=O) groups excluding carboxylic acids is 1. The first kappa shape index (κ1) is 11.4. The lowest BCUT2D eigenvalue weighted by Gasteiger charge is -2.06. The van der Waals surface area contributed by atoms with Gasteiger partial charge in [-0.15, -0.1) is 0 Å². The van der Waals surface area contributed by atoms with Crippen molar-refractivity contribution in [2.45, 2.75) is 19.9 Å². The number of benzene rings is 1. The van der Waals surface area contributed by atoms with Crippen LogP contribution >= 0.6 is 0 Å². The average Bonchev–Trinajstić information content (AvgIpc) is 2.23. The molecule has 82 valence electrons. The Kier molecular flexibility index (Phi) is 4.47. The van der Waals surface area contributed by atoms with Crippen molar-refractivity contribution in [3.8, 4) is 5.75 Å². The molecule has 0 unspecified atom stereocenters. The van der Waals surface area contributed by atoms with Crippen molar-refractivity contribution in [2.24, 2.45) is 0 Å². The maximum Gasteiger partial charge on any atom is 0.315 e. The molecule has 0 aliphatic rings. The summed E-state index contributed by atoms with van der Waals surface area (Å²) >= 11 is 0. The second-order valence-corrected chi connectivity index (χ2v) is 3.28. The molecular formula is C11H16N2O2. The first-order chi connectivity index (χ1) is 7.22. The van der Waals surface area contributed by atoms with Crippen LogP contribution in [0, 0.1) is 0 Å². The van der Waals surface area contributed by atoms with Crippen molar-refractivity contribution in [2.75, 3.05) is 6.54 Å². The molecule has 0 radical (unpaired) electrons. The Balaban J connectivity index is 2.33. The number of hydrogen-bond acceptors (Lipinski definition) is 2. The second kappa shape index (κ2) is 5.90. The number of phenolic OH excluding ortho intramolecular Hbond substituents is 1. The highest BCUT2D eigenvalue weighted by Crippen LogP contribution is 2.10. The van der Waals surface area contributed by atoms with Crippen LogP contribution < -0.4 is 10.6 Å². The van der Waals surface area contributed by atoms with E-state index in [1.807, 2.05) is 13.0 Å². The Bertz CT molecular complexity index is 326. The van der Waals surface area contributed by atoms with Crippen molar-refractivity contribution >= 4 is 6.03 Å². The molecule has 4 nitrogen and oxygen atoms in total. The molecule has 0 saturated heterocycles. The smallest absolute Gasteiger partial charge is 0.315 e. The van der Waals surface area contributed by atoms with E-state index in [1.54, 1.807) is 18.2 Å². The molecule has 0 spiro atoms. The van der Waals surface area contributed by atoms with E-state index in [2.05, 4.69) is 10.6 Å². The maximum atomic E-state index is 11.2. The SMILES string of the molecule is CCCNC(=O)NCc1cccc(O)c1. The van der Waals surface area contributed by atoms with Crippen molar-refractivity contribution in [1.29, 1.82) is 0 Å². The molecule has 1 aromatic rings. The van der Waals surface area contributed by atoms with Crippen LogP contribution in [0.3, 0.4) is 0 Å². The number of carbonyl (C=O) groups is 1. The highest BCUT2D eigenvalue weighted by Gasteiger charge is 1.99. The van der Waals surface area contributed by atoms with Crippen molar-refractivity contribution in [3.05, 3.63) is 29.8 Å². The molecule has 0 aromatic heterocycles. The van der Waals surface area contributed by atoms with Gasteiger partial charge in [0.1, 0.15) is 5.75 Å². The van der Waals surface area contributed by atoms with Crippen LogP contribution in [-0.4, -0.2) is 17.7 Å². The Labute approximate surface area is 89.3 Å². The van der Waals surface area contributed by atoms with Gasteiger partial charge in [0.25, 0.3) is 0 Å². The van der Waals surface area contributed by atoms with Crippen molar-refractivity contribution < 1.29 is 9.90 Å². The first-order valence-corrected chi connectivity index (χ1v) is 5.02. The molecule has 0 bridgehead atoms. The van der Waals surface area contributed by atoms with Gasteiger partial charge in [0, 0.05) is 13.1 Å². The molecule has 0 aliphatic carbocycles. The number of amides is 2. The molecule has 1 rings (SSSR count). The number of nitrogens with one attached hydrogen (secondary N) is 2. The molecule has 0 fully saturated rings. The lowest BCUT2D eigenvalue weighted by atomic mass is 10.2. The van der Waals surface area contributed by atoms with Gasteiger partial charge in [-0.2, -0.15) is 0 Å². The summed E-state index contributed by atoms with van der Waals surface area (Å²) in [7, 11) is 0. The largest absolute Gasteiger partial charge is 0.508 e. The third-order valence-corrected chi connectivity index (χ3v) is 1.90. The van der Waals surface area contributed by atoms with Crippen molar-refractivity contribution in [1.82, 2.24) is 10.6 Å². The molecule has 0 atom stereocenters. The zero-order valence-electron chi connectivity index (χ0n) is 8.79. The summed E-state index contributed by atoms with van der Waals surface area (Å²) in [6, 6.07) is 6.64. The van der Waals surface area contributed by atoms with Gasteiger partial charge in [-0.25, -0.2) is 4.79 Å². The number of aromatic hydroxyl groups is 1. The van der Waals surface area contributed by atoms with Gasteiger partial charge < -0.3 is 15.7 Å². The van der Waals surface area contributed by atoms with Crippen LogP contribution in [0.1, 0.15) is 18.9 Å². The fourth-order valence-corrected chi connectivity index (χ4v) is 1.15. The van der Waals surface area contributed by atoms with E-state index in [0.717, 1.165) is 12.0 Å². The normalized spacial score (nSPS) is 9.67. The van der Waals surface area contributed by atoms with Crippen LogP contribution in [0.25, 0.3) is 0 Å². The second-order valence-electron chi connectivity index (χ2n) is 3.28. The molecule has 0 heterocycles. The lowest BCUT2D eigenvalue weighted by molar-refractivity contribution is 0.240. The van der Waals surface area contributed by atoms with Crippen LogP contribution in [-0.2, 0) is 6.54 Å². The monoisotopic (exact) mass is 208 g/mol. The zero-order chi connectivity index (χ0) is 11.1. The molecule has 3 N–H and O–H groups in total. The Morgan fingerprint density at radius 3 is 2.87 bits per heavy atom. The van der Waals surface area contributed by atoms with E-state index < -0.39 is 0 Å². The number of urea groups is 1. The van der Waals surface area contributed by atoms with Gasteiger partial charge in [-0.3, -0.25) is 0 Å². The van der Waals surface area contributed by atoms with E-state index in [9.17, 15) is 9.90 Å². The third-order valence-electron chi connectivity index (χ3n) is 1.90. The minimum atomic E-state index is -0.180. The predicted octanol–water partition coefficient (Wildman–Crippen LogP) is 1.60. The Morgan fingerprint density at radius 1 is 1.40 bits per heavy atom. The fraction of sp³-hybridized carbons (Fsp3) is 0.364. The van der Waals surface area contributed by atoms with Gasteiger partial charge in [0.15, 0.2) is 0 Å². The Morgan fingerprint density at radius 2 is 2.20 bits per heavy atom. The quantitative estimate of drug-likeness (QED) is 0.703. The molecule has 0 saturated carbocycles. The predicted molar refractivity (Wildman–Crippen MR) is 58.6 cm³/mol. The van der Waals surface area contributed by atoms with Gasteiger partial charge in [0.2, 0.25) is 0 Å². The number of hydrogen-bond donors (Lipinski definition) is 3. The maximum absolute atomic E-state index is 11.2. The highest BCUT2D eigenvalue weighted by molar-refractivity contribution is 5.73. The van der Waals surface area contributed by atoms with E-state index in [0.29, 0.717) is 13.1 Å². The van der Waals surface area contributed by atoms with Crippen LogP contribution in [0.15, 0.2) is 24.3 Å². The molecule has 2 amide bonds. The molecule has 1 aromatic carbocycles. The zero-order valence-corrected chi connectivity index (χ0v) is 8.79. The van der Waals surface area contributed by atoms with Gasteiger partial charge >= 0.3 is 6.03 Å². The summed E-state index contributed by atoms with van der Waals surface area (Å²) in [5, 5.41) is 14.6. The Hall–Kier alpha value is -1.71. The summed E-state index contributed by atoms with van der Waals surface area (Å²) < 4.78 is 0. The van der Waals surface area contributed by atoms with Gasteiger partial charge in [0.05, 0.1) is 0 Å². The van der Waals surface area contributed by atoms with E-state index >= 15 is 0 Å². The fourth-order valence-electron chi connectivity index (χ4n) is 1.15. The van der Waals surface area contributed by atoms with Crippen LogP contribution in [0.5, 0.6) is 5.75 Å². The lowest BCUT2D eigenvalue weighted by Crippen LogP contribution is -2.35. The summed E-state index contributed by atoms with van der Waals surface area (Å²) in [6.45, 7) is 3.09. The topological polar surface area (TPSA) is 61.4 Å². The van der Waals surface area contributed by atoms with Gasteiger partial charge in [-0.1, -0.05) is 19.1 Å². The highest BCUT2D eigenvalue weighted by atomic mass is 16.3. The van der Waals surface area contributed by atoms with Crippen molar-refractivity contribution in [3.63, 3.8) is 0 Å². The first-order valence-electron chi connectivity index (χ1n) is 5.02. The summed E-state index contributed by atoms with van der Waals surface area (Å²) in [4.78, 5) is 11.2. The summed E-state index contributed by atoms with van der Waals surface area (Å²) in [5.74, 6) is 0.211. The number of rotatable bonds is 4. The minimum absolute atomic E-state index is 0.180. The van der Waals surface area contributed by atoms with E-state index in [4.69, 9.17) is 0 Å². The molecular weight excluding hydrogens is 192 g/mol. The molecule has 0 aliphatic heterocycles. The average molecular weight is 208 g/mol. The van der Waals surface area contributed by atoms with Gasteiger partial charge in [-0.05, 0) is 24.1 Å². The van der Waals surface area contributed by atoms with E-state index in [1.165, 1.54) is 0 Å². The summed E-state index contributed by atoms with van der Waals surface area (Å²) in [5.41, 5.74) is 0.877. The third kappa shape index (κ3) is 4.35. The standard InChI is InChI=1S/C11H16N2O2/c1-2-6-12-11(15)13-8-9-4-3-5-10(14)7-9/h3-5,7,14H,2,6,8H2,1H3,(H2,12,13,15). The molecule has 15 heavy (non-hydrogen) atoms. The molecule has 4 heteroatoms. The number of phenols is 1. The summed E-state index contributed by atoms with van der Waals surface area (Å²) in [6.07, 6.45) is 0.916. The minimum Gasteiger partial charge on any atom is -0.508 e. The van der Waals surface area contributed by atoms with E-state index in [-0.39, 0.29) is 11.8 Å². The van der Waals surface area contributed by atoms with Crippen LogP contribution in [0.4, 0.5) is 4.79 Å².